The molecule has 1 heterocycles. The normalized spacial score (nSPS) is 16.5. The summed E-state index contributed by atoms with van der Waals surface area (Å²) in [5.41, 5.74) is 3.23. The van der Waals surface area contributed by atoms with Crippen LogP contribution >= 0.6 is 0 Å². The van der Waals surface area contributed by atoms with E-state index in [0.717, 1.165) is 42.4 Å². The molecule has 2 N–H and O–H groups in total. The Hall–Kier alpha value is -3.88. The molecule has 8 nitrogen and oxygen atoms in total. The number of amides is 2. The van der Waals surface area contributed by atoms with Crippen molar-refractivity contribution in [1.29, 1.82) is 0 Å². The molecule has 2 amide bonds. The largest absolute Gasteiger partial charge is 0.489 e. The smallest absolute Gasteiger partial charge is 0.405 e. The zero-order valence-corrected chi connectivity index (χ0v) is 22.5. The molecule has 0 bridgehead atoms. The van der Waals surface area contributed by atoms with Gasteiger partial charge in [-0.2, -0.15) is 0 Å². The summed E-state index contributed by atoms with van der Waals surface area (Å²) < 4.78 is 17.2. The van der Waals surface area contributed by atoms with Gasteiger partial charge in [0.15, 0.2) is 6.29 Å². The van der Waals surface area contributed by atoms with Crippen LogP contribution in [0, 0.1) is 0 Å². The van der Waals surface area contributed by atoms with Crippen molar-refractivity contribution in [2.45, 2.75) is 57.1 Å². The minimum absolute atomic E-state index is 0.0444. The minimum atomic E-state index is -1.10. The molecule has 0 spiro atoms. The van der Waals surface area contributed by atoms with E-state index in [-0.39, 0.29) is 18.2 Å². The Morgan fingerprint density at radius 3 is 2.33 bits per heavy atom. The predicted octanol–water partition coefficient (Wildman–Crippen LogP) is 5.77. The lowest BCUT2D eigenvalue weighted by Gasteiger charge is -2.30. The van der Waals surface area contributed by atoms with Gasteiger partial charge in [0.2, 0.25) is 0 Å². The Kier molecular flexibility index (Phi) is 9.31. The summed E-state index contributed by atoms with van der Waals surface area (Å²) in [6.45, 7) is 2.17. The third kappa shape index (κ3) is 7.20. The van der Waals surface area contributed by atoms with Crippen molar-refractivity contribution in [3.05, 3.63) is 101 Å². The molecule has 0 radical (unpaired) electrons. The highest BCUT2D eigenvalue weighted by atomic mass is 16.7. The molecule has 0 aromatic heterocycles. The van der Waals surface area contributed by atoms with Gasteiger partial charge >= 0.3 is 6.09 Å². The van der Waals surface area contributed by atoms with Crippen LogP contribution in [0.3, 0.4) is 0 Å². The van der Waals surface area contributed by atoms with Crippen LogP contribution in [0.2, 0.25) is 0 Å². The zero-order valence-electron chi connectivity index (χ0n) is 22.5. The van der Waals surface area contributed by atoms with Gasteiger partial charge in [-0.25, -0.2) is 4.79 Å². The van der Waals surface area contributed by atoms with Crippen LogP contribution in [0.15, 0.2) is 78.9 Å². The molecule has 1 saturated heterocycles. The van der Waals surface area contributed by atoms with Crippen molar-refractivity contribution in [2.24, 2.45) is 0 Å². The third-order valence-electron chi connectivity index (χ3n) is 7.52. The van der Waals surface area contributed by atoms with Gasteiger partial charge in [-0.3, -0.25) is 4.79 Å². The monoisotopic (exact) mass is 544 g/mol. The standard InChI is InChI=1S/C32H36N2O6/c35-31(34(27-10-4-5-11-27)18-17-29-38-19-20-39-29)25-15-13-23(14-16-25)22-40-28-12-6-9-26(21-28)30(33-32(36)37)24-7-2-1-3-8-24/h1-3,6-9,12-16,21,27,29-30,33H,4-5,10-11,17-20,22H2,(H,36,37)/t30-/m0/s1. The number of ether oxygens (including phenoxy) is 3. The van der Waals surface area contributed by atoms with Gasteiger partial charge < -0.3 is 29.5 Å². The molecule has 8 heteroatoms. The molecule has 1 atom stereocenters. The second kappa shape index (κ2) is 13.5. The maximum absolute atomic E-state index is 13.5. The molecule has 2 aliphatic rings. The Morgan fingerprint density at radius 2 is 1.62 bits per heavy atom. The van der Waals surface area contributed by atoms with Gasteiger partial charge in [0.1, 0.15) is 12.4 Å². The van der Waals surface area contributed by atoms with E-state index in [9.17, 15) is 14.7 Å². The van der Waals surface area contributed by atoms with E-state index < -0.39 is 12.1 Å². The molecule has 1 aliphatic heterocycles. The summed E-state index contributed by atoms with van der Waals surface area (Å²) >= 11 is 0. The van der Waals surface area contributed by atoms with Crippen LogP contribution in [0.1, 0.15) is 65.2 Å². The molecule has 2 fully saturated rings. The van der Waals surface area contributed by atoms with Crippen LogP contribution < -0.4 is 10.1 Å². The molecule has 1 aliphatic carbocycles. The van der Waals surface area contributed by atoms with Gasteiger partial charge in [-0.05, 0) is 53.8 Å². The number of carbonyl (C=O) groups is 2. The van der Waals surface area contributed by atoms with Gasteiger partial charge in [0, 0.05) is 24.6 Å². The molecular weight excluding hydrogens is 508 g/mol. The predicted molar refractivity (Wildman–Crippen MR) is 150 cm³/mol. The van der Waals surface area contributed by atoms with Crippen molar-refractivity contribution >= 4 is 12.0 Å². The van der Waals surface area contributed by atoms with Gasteiger partial charge in [-0.1, -0.05) is 67.4 Å². The molecule has 0 unspecified atom stereocenters. The summed E-state index contributed by atoms with van der Waals surface area (Å²) in [6, 6.07) is 24.2. The van der Waals surface area contributed by atoms with E-state index in [2.05, 4.69) is 5.32 Å². The topological polar surface area (TPSA) is 97.3 Å². The highest BCUT2D eigenvalue weighted by Crippen LogP contribution is 2.27. The molecule has 210 valence electrons. The van der Waals surface area contributed by atoms with E-state index in [4.69, 9.17) is 14.2 Å². The molecule has 3 aromatic rings. The second-order valence-corrected chi connectivity index (χ2v) is 10.2. The first-order valence-electron chi connectivity index (χ1n) is 14.0. The lowest BCUT2D eigenvalue weighted by atomic mass is 9.98. The van der Waals surface area contributed by atoms with Crippen molar-refractivity contribution in [3.8, 4) is 5.75 Å². The van der Waals surface area contributed by atoms with E-state index >= 15 is 0 Å². The van der Waals surface area contributed by atoms with Crippen LogP contribution in [0.25, 0.3) is 0 Å². The van der Waals surface area contributed by atoms with Crippen molar-refractivity contribution < 1.29 is 28.9 Å². The summed E-state index contributed by atoms with van der Waals surface area (Å²) in [5, 5.41) is 12.0. The number of rotatable bonds is 11. The van der Waals surface area contributed by atoms with E-state index in [1.165, 1.54) is 0 Å². The maximum atomic E-state index is 13.5. The number of carboxylic acid groups (broad SMARTS) is 1. The SMILES string of the molecule is O=C(O)N[C@@H](c1ccccc1)c1cccc(OCc2ccc(C(=O)N(CCC3OCCO3)C3CCCC3)cc2)c1. The molecular formula is C32H36N2O6. The molecule has 40 heavy (non-hydrogen) atoms. The third-order valence-corrected chi connectivity index (χ3v) is 7.52. The summed E-state index contributed by atoms with van der Waals surface area (Å²) in [5.74, 6) is 0.678. The Morgan fingerprint density at radius 1 is 0.925 bits per heavy atom. The fourth-order valence-corrected chi connectivity index (χ4v) is 5.47. The highest BCUT2D eigenvalue weighted by molar-refractivity contribution is 5.94. The first-order valence-corrected chi connectivity index (χ1v) is 14.0. The first-order chi connectivity index (χ1) is 19.6. The average molecular weight is 545 g/mol. The first kappa shape index (κ1) is 27.7. The van der Waals surface area contributed by atoms with Crippen molar-refractivity contribution in [2.75, 3.05) is 19.8 Å². The van der Waals surface area contributed by atoms with E-state index in [1.807, 2.05) is 83.8 Å². The van der Waals surface area contributed by atoms with Crippen LogP contribution in [-0.4, -0.2) is 54.1 Å². The number of hydrogen-bond donors (Lipinski definition) is 2. The van der Waals surface area contributed by atoms with Gasteiger partial charge in [0.05, 0.1) is 19.3 Å². The number of benzene rings is 3. The van der Waals surface area contributed by atoms with Crippen molar-refractivity contribution in [1.82, 2.24) is 10.2 Å². The minimum Gasteiger partial charge on any atom is -0.489 e. The quantitative estimate of drug-likeness (QED) is 0.318. The number of nitrogens with zero attached hydrogens (tertiary/aromatic N) is 1. The second-order valence-electron chi connectivity index (χ2n) is 10.2. The van der Waals surface area contributed by atoms with Crippen LogP contribution in [0.5, 0.6) is 5.75 Å². The fraction of sp³-hybridized carbons (Fsp3) is 0.375. The summed E-state index contributed by atoms with van der Waals surface area (Å²) in [6.07, 6.45) is 3.74. The zero-order chi connectivity index (χ0) is 27.7. The van der Waals surface area contributed by atoms with Crippen molar-refractivity contribution in [3.63, 3.8) is 0 Å². The maximum Gasteiger partial charge on any atom is 0.405 e. The molecule has 5 rings (SSSR count). The molecule has 1 saturated carbocycles. The molecule has 3 aromatic carbocycles. The van der Waals surface area contributed by atoms with Gasteiger partial charge in [-0.15, -0.1) is 0 Å². The summed E-state index contributed by atoms with van der Waals surface area (Å²) in [4.78, 5) is 27.0. The highest BCUT2D eigenvalue weighted by Gasteiger charge is 2.29. The van der Waals surface area contributed by atoms with Gasteiger partial charge in [0.25, 0.3) is 5.91 Å². The van der Waals surface area contributed by atoms with E-state index in [1.54, 1.807) is 0 Å². The Bertz CT molecular complexity index is 1250. The number of hydrogen-bond acceptors (Lipinski definition) is 5. The number of nitrogens with one attached hydrogen (secondary N) is 1. The average Bonchev–Trinajstić information content (AvgIpc) is 3.71. The lowest BCUT2D eigenvalue weighted by Crippen LogP contribution is -2.40. The van der Waals surface area contributed by atoms with E-state index in [0.29, 0.717) is 44.1 Å². The fourth-order valence-electron chi connectivity index (χ4n) is 5.47. The Labute approximate surface area is 234 Å². The Balaban J connectivity index is 1.22. The number of carbonyl (C=O) groups excluding carboxylic acids is 1. The lowest BCUT2D eigenvalue weighted by molar-refractivity contribution is -0.0516. The summed E-state index contributed by atoms with van der Waals surface area (Å²) in [7, 11) is 0. The van der Waals surface area contributed by atoms with Crippen LogP contribution in [0.4, 0.5) is 4.79 Å². The van der Waals surface area contributed by atoms with Crippen LogP contribution in [-0.2, 0) is 16.1 Å².